The fraction of sp³-hybridized carbons (Fsp3) is 0.0833. The van der Waals surface area contributed by atoms with Crippen molar-refractivity contribution < 1.29 is 8.78 Å². The molecule has 3 nitrogen and oxygen atoms in total. The zero-order valence-corrected chi connectivity index (χ0v) is 11.9. The highest BCUT2D eigenvalue weighted by Crippen LogP contribution is 2.27. The molecular weight excluding hydrogens is 336 g/mol. The minimum Gasteiger partial charge on any atom is -0.369 e. The zero-order valence-electron chi connectivity index (χ0n) is 9.53. The summed E-state index contributed by atoms with van der Waals surface area (Å²) < 4.78 is 29.5. The van der Waals surface area contributed by atoms with Gasteiger partial charge < -0.3 is 10.3 Å². The number of nitrogen functional groups attached to an aromatic ring is 1. The van der Waals surface area contributed by atoms with E-state index >= 15 is 0 Å². The molecule has 19 heavy (non-hydrogen) atoms. The number of fused-ring (bicyclic) bond motifs is 1. The Labute approximate surface area is 119 Å². The van der Waals surface area contributed by atoms with Crippen LogP contribution in [0.1, 0.15) is 4.88 Å². The summed E-state index contributed by atoms with van der Waals surface area (Å²) in [5.41, 5.74) is 6.24. The van der Waals surface area contributed by atoms with Gasteiger partial charge in [0, 0.05) is 17.0 Å². The van der Waals surface area contributed by atoms with Gasteiger partial charge in [-0.15, -0.1) is 11.3 Å². The van der Waals surface area contributed by atoms with E-state index in [1.54, 1.807) is 4.57 Å². The molecule has 3 aromatic rings. The number of thiophene rings is 1. The molecule has 0 bridgehead atoms. The average Bonchev–Trinajstić information content (AvgIpc) is 2.87. The molecule has 0 aliphatic rings. The van der Waals surface area contributed by atoms with E-state index in [-0.39, 0.29) is 11.5 Å². The van der Waals surface area contributed by atoms with Crippen LogP contribution in [0.15, 0.2) is 28.1 Å². The molecule has 0 saturated carbocycles. The monoisotopic (exact) mass is 343 g/mol. The van der Waals surface area contributed by atoms with E-state index in [1.165, 1.54) is 17.4 Å². The number of rotatable bonds is 2. The highest BCUT2D eigenvalue weighted by atomic mass is 79.9. The fourth-order valence-electron chi connectivity index (χ4n) is 1.93. The van der Waals surface area contributed by atoms with Crippen LogP contribution in [-0.2, 0) is 6.54 Å². The van der Waals surface area contributed by atoms with Gasteiger partial charge in [-0.1, -0.05) is 0 Å². The maximum atomic E-state index is 13.6. The van der Waals surface area contributed by atoms with Crippen molar-refractivity contribution in [2.45, 2.75) is 6.54 Å². The minimum absolute atomic E-state index is 0.0921. The summed E-state index contributed by atoms with van der Waals surface area (Å²) in [6.07, 6.45) is 0. The van der Waals surface area contributed by atoms with E-state index < -0.39 is 11.6 Å². The summed E-state index contributed by atoms with van der Waals surface area (Å²) in [6.45, 7) is 0.432. The molecule has 0 unspecified atom stereocenters. The molecule has 98 valence electrons. The Morgan fingerprint density at radius 2 is 2.11 bits per heavy atom. The molecule has 2 aromatic heterocycles. The molecule has 0 fully saturated rings. The van der Waals surface area contributed by atoms with E-state index in [1.807, 2.05) is 12.1 Å². The van der Waals surface area contributed by atoms with Gasteiger partial charge in [-0.25, -0.2) is 13.8 Å². The van der Waals surface area contributed by atoms with Crippen LogP contribution in [0.2, 0.25) is 0 Å². The van der Waals surface area contributed by atoms with E-state index in [2.05, 4.69) is 20.9 Å². The highest BCUT2D eigenvalue weighted by molar-refractivity contribution is 9.11. The first-order valence-corrected chi connectivity index (χ1v) is 7.00. The summed E-state index contributed by atoms with van der Waals surface area (Å²) in [6, 6.07) is 5.89. The molecule has 7 heteroatoms. The topological polar surface area (TPSA) is 43.8 Å². The fourth-order valence-corrected chi connectivity index (χ4v) is 3.40. The second kappa shape index (κ2) is 4.57. The summed E-state index contributed by atoms with van der Waals surface area (Å²) in [5, 5.41) is 0. The van der Waals surface area contributed by atoms with Crippen molar-refractivity contribution in [2.75, 3.05) is 5.73 Å². The number of halogens is 3. The number of hydrogen-bond donors (Lipinski definition) is 1. The lowest BCUT2D eigenvalue weighted by Crippen LogP contribution is -2.03. The van der Waals surface area contributed by atoms with Crippen LogP contribution in [-0.4, -0.2) is 9.55 Å². The number of aromatic nitrogens is 2. The lowest BCUT2D eigenvalue weighted by Gasteiger charge is -2.04. The van der Waals surface area contributed by atoms with E-state index in [0.717, 1.165) is 14.7 Å². The molecule has 0 radical (unpaired) electrons. The first-order valence-electron chi connectivity index (χ1n) is 5.39. The Bertz CT molecular complexity index is 766. The second-order valence-electron chi connectivity index (χ2n) is 4.02. The minimum atomic E-state index is -0.701. The summed E-state index contributed by atoms with van der Waals surface area (Å²) in [5.74, 6) is -1.17. The van der Waals surface area contributed by atoms with Crippen molar-refractivity contribution >= 4 is 44.2 Å². The van der Waals surface area contributed by atoms with Crippen molar-refractivity contribution in [3.05, 3.63) is 44.6 Å². The molecular formula is C12H8BrF2N3S. The van der Waals surface area contributed by atoms with Crippen molar-refractivity contribution in [1.29, 1.82) is 0 Å². The van der Waals surface area contributed by atoms with E-state index in [9.17, 15) is 8.78 Å². The Kier molecular flexibility index (Phi) is 3.02. The van der Waals surface area contributed by atoms with Crippen LogP contribution >= 0.6 is 27.3 Å². The molecule has 0 atom stereocenters. The third-order valence-electron chi connectivity index (χ3n) is 2.74. The van der Waals surface area contributed by atoms with Gasteiger partial charge in [0.2, 0.25) is 5.95 Å². The van der Waals surface area contributed by atoms with Crippen LogP contribution in [0.3, 0.4) is 0 Å². The maximum absolute atomic E-state index is 13.6. The lowest BCUT2D eigenvalue weighted by molar-refractivity contribution is 0.590. The molecule has 0 amide bonds. The number of benzene rings is 1. The Morgan fingerprint density at radius 3 is 2.79 bits per heavy atom. The van der Waals surface area contributed by atoms with Crippen LogP contribution in [0, 0.1) is 11.6 Å². The van der Waals surface area contributed by atoms with Gasteiger partial charge in [-0.3, -0.25) is 0 Å². The SMILES string of the molecule is Nc1nc2c(F)cc(F)cc2n1Cc1ccc(Br)s1. The van der Waals surface area contributed by atoms with E-state index in [0.29, 0.717) is 12.1 Å². The van der Waals surface area contributed by atoms with Crippen molar-refractivity contribution in [3.63, 3.8) is 0 Å². The molecule has 0 aliphatic carbocycles. The maximum Gasteiger partial charge on any atom is 0.201 e. The van der Waals surface area contributed by atoms with Crippen LogP contribution < -0.4 is 5.73 Å². The van der Waals surface area contributed by atoms with Crippen LogP contribution in [0.4, 0.5) is 14.7 Å². The number of anilines is 1. The van der Waals surface area contributed by atoms with Crippen molar-refractivity contribution in [2.24, 2.45) is 0 Å². The molecule has 0 saturated heterocycles. The van der Waals surface area contributed by atoms with Gasteiger partial charge in [0.25, 0.3) is 0 Å². The number of hydrogen-bond acceptors (Lipinski definition) is 3. The van der Waals surface area contributed by atoms with Crippen LogP contribution in [0.5, 0.6) is 0 Å². The van der Waals surface area contributed by atoms with Crippen molar-refractivity contribution in [1.82, 2.24) is 9.55 Å². The predicted molar refractivity (Wildman–Crippen MR) is 75.2 cm³/mol. The summed E-state index contributed by atoms with van der Waals surface area (Å²) >= 11 is 4.91. The quantitative estimate of drug-likeness (QED) is 0.769. The average molecular weight is 344 g/mol. The van der Waals surface area contributed by atoms with Gasteiger partial charge in [0.05, 0.1) is 15.8 Å². The zero-order chi connectivity index (χ0) is 13.6. The Balaban J connectivity index is 2.15. The molecule has 0 aliphatic heterocycles. The van der Waals surface area contributed by atoms with Gasteiger partial charge in [0.15, 0.2) is 5.82 Å². The van der Waals surface area contributed by atoms with E-state index in [4.69, 9.17) is 5.73 Å². The van der Waals surface area contributed by atoms with Gasteiger partial charge in [-0.2, -0.15) is 0 Å². The predicted octanol–water partition coefficient (Wildman–Crippen LogP) is 3.77. The Hall–Kier alpha value is -1.47. The summed E-state index contributed by atoms with van der Waals surface area (Å²) in [4.78, 5) is 4.96. The van der Waals surface area contributed by atoms with Crippen molar-refractivity contribution in [3.8, 4) is 0 Å². The first kappa shape index (κ1) is 12.6. The molecule has 1 aromatic carbocycles. The second-order valence-corrected chi connectivity index (χ2v) is 6.56. The third-order valence-corrected chi connectivity index (χ3v) is 4.35. The number of nitrogens with zero attached hydrogens (tertiary/aromatic N) is 2. The van der Waals surface area contributed by atoms with Crippen LogP contribution in [0.25, 0.3) is 11.0 Å². The number of imidazole rings is 1. The molecule has 3 rings (SSSR count). The first-order chi connectivity index (χ1) is 9.04. The molecule has 0 spiro atoms. The highest BCUT2D eigenvalue weighted by Gasteiger charge is 2.14. The Morgan fingerprint density at radius 1 is 1.32 bits per heavy atom. The van der Waals surface area contributed by atoms with Gasteiger partial charge >= 0.3 is 0 Å². The third kappa shape index (κ3) is 2.23. The van der Waals surface area contributed by atoms with Gasteiger partial charge in [0.1, 0.15) is 11.3 Å². The summed E-state index contributed by atoms with van der Waals surface area (Å²) in [7, 11) is 0. The smallest absolute Gasteiger partial charge is 0.201 e. The van der Waals surface area contributed by atoms with Gasteiger partial charge in [-0.05, 0) is 28.1 Å². The lowest BCUT2D eigenvalue weighted by atomic mass is 10.3. The largest absolute Gasteiger partial charge is 0.369 e. The normalized spacial score (nSPS) is 11.3. The standard InChI is InChI=1S/C12H8BrF2N3S/c13-10-2-1-7(19-10)5-18-9-4-6(14)3-8(15)11(9)17-12(18)16/h1-4H,5H2,(H2,16,17). The number of nitrogens with two attached hydrogens (primary N) is 1. The molecule has 2 N–H and O–H groups in total. The molecule has 2 heterocycles.